The standard InChI is InChI=1S/C20H18ClFN4O2/c1-28-14-4-2-3-13(8-14)17-9-18-20(27)24-11-19(26(18)25-17)23-10-12-5-6-16(22)15(21)7-12/h2-9,19,23H,10-11H2,1H3,(H,24,27). The molecule has 144 valence electrons. The molecule has 1 unspecified atom stereocenters. The molecule has 3 aromatic rings. The lowest BCUT2D eigenvalue weighted by atomic mass is 10.1. The first-order valence-electron chi connectivity index (χ1n) is 8.74. The van der Waals surface area contributed by atoms with Crippen molar-refractivity contribution in [3.63, 3.8) is 0 Å². The third-order valence-electron chi connectivity index (χ3n) is 4.61. The van der Waals surface area contributed by atoms with Crippen molar-refractivity contribution < 1.29 is 13.9 Å². The molecule has 2 N–H and O–H groups in total. The number of carbonyl (C=O) groups excluding carboxylic acids is 1. The average Bonchev–Trinajstić information content (AvgIpc) is 3.17. The number of hydrogen-bond donors (Lipinski definition) is 2. The lowest BCUT2D eigenvalue weighted by molar-refractivity contribution is 0.0900. The number of carbonyl (C=O) groups is 1. The third-order valence-corrected chi connectivity index (χ3v) is 4.90. The molecule has 0 saturated carbocycles. The summed E-state index contributed by atoms with van der Waals surface area (Å²) in [6, 6.07) is 13.9. The number of benzene rings is 2. The number of methoxy groups -OCH3 is 1. The number of aromatic nitrogens is 2. The number of nitrogens with zero attached hydrogens (tertiary/aromatic N) is 2. The molecule has 2 heterocycles. The Balaban J connectivity index is 1.59. The molecule has 1 amide bonds. The highest BCUT2D eigenvalue weighted by atomic mass is 35.5. The van der Waals surface area contributed by atoms with E-state index in [0.29, 0.717) is 24.5 Å². The summed E-state index contributed by atoms with van der Waals surface area (Å²) in [5.74, 6) is 0.0907. The largest absolute Gasteiger partial charge is 0.497 e. The van der Waals surface area contributed by atoms with Crippen LogP contribution in [-0.2, 0) is 6.54 Å². The molecular formula is C20H18ClFN4O2. The number of fused-ring (bicyclic) bond motifs is 1. The number of rotatable bonds is 5. The number of hydrogen-bond acceptors (Lipinski definition) is 4. The molecule has 0 fully saturated rings. The monoisotopic (exact) mass is 400 g/mol. The number of amides is 1. The molecule has 1 aromatic heterocycles. The minimum Gasteiger partial charge on any atom is -0.497 e. The van der Waals surface area contributed by atoms with Crippen molar-refractivity contribution in [2.75, 3.05) is 13.7 Å². The minimum absolute atomic E-state index is 0.0799. The van der Waals surface area contributed by atoms with Crippen LogP contribution in [0.2, 0.25) is 5.02 Å². The Hall–Kier alpha value is -2.90. The van der Waals surface area contributed by atoms with E-state index in [2.05, 4.69) is 15.7 Å². The molecular weight excluding hydrogens is 383 g/mol. The quantitative estimate of drug-likeness (QED) is 0.689. The summed E-state index contributed by atoms with van der Waals surface area (Å²) in [6.45, 7) is 0.842. The van der Waals surface area contributed by atoms with E-state index in [1.54, 1.807) is 30.0 Å². The Kier molecular flexibility index (Phi) is 5.02. The zero-order valence-electron chi connectivity index (χ0n) is 15.1. The van der Waals surface area contributed by atoms with Gasteiger partial charge in [0, 0.05) is 12.1 Å². The number of halogens is 2. The van der Waals surface area contributed by atoms with Gasteiger partial charge in [0.1, 0.15) is 23.4 Å². The smallest absolute Gasteiger partial charge is 0.269 e. The maximum atomic E-state index is 13.3. The number of ether oxygens (including phenoxy) is 1. The molecule has 0 bridgehead atoms. The Bertz CT molecular complexity index is 1040. The molecule has 0 spiro atoms. The van der Waals surface area contributed by atoms with Crippen molar-refractivity contribution in [3.05, 3.63) is 70.6 Å². The first-order chi connectivity index (χ1) is 13.5. The molecule has 0 aliphatic carbocycles. The van der Waals surface area contributed by atoms with Crippen LogP contribution in [-0.4, -0.2) is 29.3 Å². The van der Waals surface area contributed by atoms with Crippen molar-refractivity contribution in [1.82, 2.24) is 20.4 Å². The van der Waals surface area contributed by atoms with Gasteiger partial charge in [-0.2, -0.15) is 5.10 Å². The highest BCUT2D eigenvalue weighted by Gasteiger charge is 2.27. The van der Waals surface area contributed by atoms with Gasteiger partial charge in [0.25, 0.3) is 5.91 Å². The Morgan fingerprint density at radius 2 is 2.18 bits per heavy atom. The molecule has 0 saturated heterocycles. The van der Waals surface area contributed by atoms with Gasteiger partial charge in [-0.1, -0.05) is 29.8 Å². The van der Waals surface area contributed by atoms with Crippen molar-refractivity contribution in [2.24, 2.45) is 0 Å². The lowest BCUT2D eigenvalue weighted by Gasteiger charge is -2.25. The van der Waals surface area contributed by atoms with Crippen molar-refractivity contribution in [1.29, 1.82) is 0 Å². The second kappa shape index (κ2) is 7.61. The van der Waals surface area contributed by atoms with Gasteiger partial charge in [0.05, 0.1) is 24.4 Å². The number of nitrogens with one attached hydrogen (secondary N) is 2. The Morgan fingerprint density at radius 1 is 1.32 bits per heavy atom. The summed E-state index contributed by atoms with van der Waals surface area (Å²) in [6.07, 6.45) is -0.240. The van der Waals surface area contributed by atoms with Gasteiger partial charge in [-0.05, 0) is 35.9 Å². The fourth-order valence-electron chi connectivity index (χ4n) is 3.14. The molecule has 6 nitrogen and oxygen atoms in total. The molecule has 0 radical (unpaired) electrons. The minimum atomic E-state index is -0.451. The van der Waals surface area contributed by atoms with Crippen LogP contribution in [0.4, 0.5) is 4.39 Å². The lowest BCUT2D eigenvalue weighted by Crippen LogP contribution is -2.45. The Morgan fingerprint density at radius 3 is 2.96 bits per heavy atom. The van der Waals surface area contributed by atoms with Crippen LogP contribution in [0.1, 0.15) is 22.2 Å². The molecule has 8 heteroatoms. The van der Waals surface area contributed by atoms with Crippen molar-refractivity contribution in [2.45, 2.75) is 12.7 Å². The van der Waals surface area contributed by atoms with Crippen LogP contribution in [0.15, 0.2) is 48.5 Å². The molecule has 1 aliphatic heterocycles. The molecule has 2 aromatic carbocycles. The SMILES string of the molecule is COc1cccc(-c2cc3n(n2)C(NCc2ccc(F)c(Cl)c2)CNC3=O)c1. The Labute approximate surface area is 166 Å². The third kappa shape index (κ3) is 3.58. The molecule has 1 aliphatic rings. The van der Waals surface area contributed by atoms with Crippen LogP contribution in [0, 0.1) is 5.82 Å². The molecule has 1 atom stereocenters. The molecule has 28 heavy (non-hydrogen) atoms. The topological polar surface area (TPSA) is 68.2 Å². The fourth-order valence-corrected chi connectivity index (χ4v) is 3.34. The van der Waals surface area contributed by atoms with Gasteiger partial charge in [-0.15, -0.1) is 0 Å². The predicted octanol–water partition coefficient (Wildman–Crippen LogP) is 3.38. The van der Waals surface area contributed by atoms with Crippen LogP contribution in [0.25, 0.3) is 11.3 Å². The van der Waals surface area contributed by atoms with E-state index < -0.39 is 5.82 Å². The summed E-state index contributed by atoms with van der Waals surface area (Å²) in [7, 11) is 1.60. The van der Waals surface area contributed by atoms with Crippen molar-refractivity contribution >= 4 is 17.5 Å². The van der Waals surface area contributed by atoms with E-state index in [1.165, 1.54) is 6.07 Å². The predicted molar refractivity (Wildman–Crippen MR) is 104 cm³/mol. The molecule has 4 rings (SSSR count). The summed E-state index contributed by atoms with van der Waals surface area (Å²) < 4.78 is 20.3. The van der Waals surface area contributed by atoms with Gasteiger partial charge >= 0.3 is 0 Å². The zero-order chi connectivity index (χ0) is 19.7. The second-order valence-electron chi connectivity index (χ2n) is 6.45. The van der Waals surface area contributed by atoms with Crippen LogP contribution >= 0.6 is 11.6 Å². The van der Waals surface area contributed by atoms with Gasteiger partial charge in [-0.25, -0.2) is 9.07 Å². The first-order valence-corrected chi connectivity index (χ1v) is 9.12. The van der Waals surface area contributed by atoms with Crippen LogP contribution < -0.4 is 15.4 Å². The summed E-state index contributed by atoms with van der Waals surface area (Å²) >= 11 is 5.84. The summed E-state index contributed by atoms with van der Waals surface area (Å²) in [5, 5.41) is 10.9. The van der Waals surface area contributed by atoms with Crippen LogP contribution in [0.5, 0.6) is 5.75 Å². The van der Waals surface area contributed by atoms with Gasteiger partial charge < -0.3 is 10.1 Å². The second-order valence-corrected chi connectivity index (χ2v) is 6.85. The van der Waals surface area contributed by atoms with E-state index >= 15 is 0 Å². The maximum Gasteiger partial charge on any atom is 0.269 e. The van der Waals surface area contributed by atoms with E-state index in [4.69, 9.17) is 16.3 Å². The zero-order valence-corrected chi connectivity index (χ0v) is 15.8. The van der Waals surface area contributed by atoms with E-state index in [-0.39, 0.29) is 17.1 Å². The fraction of sp³-hybridized carbons (Fsp3) is 0.200. The van der Waals surface area contributed by atoms with Gasteiger partial charge in [0.2, 0.25) is 0 Å². The van der Waals surface area contributed by atoms with Crippen molar-refractivity contribution in [3.8, 4) is 17.0 Å². The summed E-state index contributed by atoms with van der Waals surface area (Å²) in [5.41, 5.74) is 2.85. The van der Waals surface area contributed by atoms with Gasteiger partial charge in [0.15, 0.2) is 0 Å². The highest BCUT2D eigenvalue weighted by molar-refractivity contribution is 6.30. The summed E-state index contributed by atoms with van der Waals surface area (Å²) in [4.78, 5) is 12.3. The normalized spacial score (nSPS) is 15.8. The van der Waals surface area contributed by atoms with Crippen LogP contribution in [0.3, 0.4) is 0 Å². The first kappa shape index (κ1) is 18.5. The van der Waals surface area contributed by atoms with Gasteiger partial charge in [-0.3, -0.25) is 10.1 Å². The van der Waals surface area contributed by atoms with E-state index in [9.17, 15) is 9.18 Å². The maximum absolute atomic E-state index is 13.3. The highest BCUT2D eigenvalue weighted by Crippen LogP contribution is 2.26. The van der Waals surface area contributed by atoms with E-state index in [0.717, 1.165) is 16.9 Å². The average molecular weight is 401 g/mol. The van der Waals surface area contributed by atoms with E-state index in [1.807, 2.05) is 24.3 Å².